The third-order valence-electron chi connectivity index (χ3n) is 4.99. The third-order valence-corrected chi connectivity index (χ3v) is 6.90. The van der Waals surface area contributed by atoms with E-state index in [4.69, 9.17) is 0 Å². The maximum absolute atomic E-state index is 13.4. The number of nitrogens with one attached hydrogen (secondary N) is 2. The highest BCUT2D eigenvalue weighted by Gasteiger charge is 2.26. The van der Waals surface area contributed by atoms with Crippen molar-refractivity contribution in [2.75, 3.05) is 20.1 Å². The topological polar surface area (TPSA) is 73.8 Å². The van der Waals surface area contributed by atoms with E-state index < -0.39 is 10.0 Å². The summed E-state index contributed by atoms with van der Waals surface area (Å²) in [5.41, 5.74) is 2.52. The minimum absolute atomic E-state index is 0.216. The molecule has 1 fully saturated rings. The van der Waals surface area contributed by atoms with Crippen molar-refractivity contribution < 1.29 is 12.8 Å². The van der Waals surface area contributed by atoms with E-state index in [0.29, 0.717) is 42.6 Å². The van der Waals surface area contributed by atoms with Crippen molar-refractivity contribution >= 4 is 16.0 Å². The molecule has 3 rings (SSSR count). The Morgan fingerprint density at radius 3 is 2.21 bits per heavy atom. The molecule has 0 bridgehead atoms. The van der Waals surface area contributed by atoms with E-state index >= 15 is 0 Å². The van der Waals surface area contributed by atoms with Crippen LogP contribution in [0.3, 0.4) is 0 Å². The maximum Gasteiger partial charge on any atom is 0.243 e. The largest absolute Gasteiger partial charge is 0.352 e. The minimum atomic E-state index is -3.39. The molecule has 1 aliphatic heterocycles. The van der Waals surface area contributed by atoms with Crippen molar-refractivity contribution in [3.63, 3.8) is 0 Å². The van der Waals surface area contributed by atoms with Gasteiger partial charge in [-0.15, -0.1) is 0 Å². The van der Waals surface area contributed by atoms with E-state index in [1.54, 1.807) is 42.5 Å². The lowest BCUT2D eigenvalue weighted by molar-refractivity contribution is 0.477. The summed E-state index contributed by atoms with van der Waals surface area (Å²) in [7, 11) is -1.71. The fourth-order valence-corrected chi connectivity index (χ4v) is 4.78. The average Bonchev–Trinajstić information content (AvgIpc) is 3.27. The monoisotopic (exact) mass is 418 g/mol. The number of aryl methyl sites for hydroxylation is 1. The average molecular weight is 419 g/mol. The molecule has 1 saturated heterocycles. The van der Waals surface area contributed by atoms with E-state index in [1.165, 1.54) is 6.07 Å². The van der Waals surface area contributed by atoms with Gasteiger partial charge in [-0.25, -0.2) is 12.8 Å². The Morgan fingerprint density at radius 2 is 1.62 bits per heavy atom. The summed E-state index contributed by atoms with van der Waals surface area (Å²) in [5, 5.41) is 6.39. The maximum atomic E-state index is 13.4. The summed E-state index contributed by atoms with van der Waals surface area (Å²) < 4.78 is 40.1. The summed E-state index contributed by atoms with van der Waals surface area (Å²) in [4.78, 5) is 4.52. The highest BCUT2D eigenvalue weighted by Crippen LogP contribution is 2.21. The van der Waals surface area contributed by atoms with Gasteiger partial charge in [0.25, 0.3) is 0 Å². The van der Waals surface area contributed by atoms with Gasteiger partial charge >= 0.3 is 0 Å². The molecule has 1 heterocycles. The molecule has 0 atom stereocenters. The Morgan fingerprint density at radius 1 is 1.03 bits per heavy atom. The van der Waals surface area contributed by atoms with Gasteiger partial charge in [-0.3, -0.25) is 4.99 Å². The van der Waals surface area contributed by atoms with Crippen LogP contribution < -0.4 is 10.6 Å². The van der Waals surface area contributed by atoms with Gasteiger partial charge in [0, 0.05) is 33.2 Å². The molecule has 0 unspecified atom stereocenters. The first-order valence-electron chi connectivity index (χ1n) is 9.69. The number of aliphatic imine (C=N–C) groups is 1. The molecule has 2 aromatic carbocycles. The van der Waals surface area contributed by atoms with Crippen molar-refractivity contribution in [3.05, 3.63) is 65.0 Å². The van der Waals surface area contributed by atoms with Crippen molar-refractivity contribution in [2.24, 2.45) is 4.99 Å². The molecule has 0 aliphatic carbocycles. The van der Waals surface area contributed by atoms with E-state index in [9.17, 15) is 12.8 Å². The Kier molecular flexibility index (Phi) is 6.87. The van der Waals surface area contributed by atoms with Gasteiger partial charge in [-0.1, -0.05) is 24.3 Å². The lowest BCUT2D eigenvalue weighted by Gasteiger charge is -2.16. The van der Waals surface area contributed by atoms with Crippen LogP contribution in [0.15, 0.2) is 52.4 Å². The number of benzene rings is 2. The molecule has 6 nitrogen and oxygen atoms in total. The Hall–Kier alpha value is -2.45. The molecule has 29 heavy (non-hydrogen) atoms. The molecule has 2 N–H and O–H groups in total. The molecule has 0 radical (unpaired) electrons. The van der Waals surface area contributed by atoms with Crippen LogP contribution in [0.4, 0.5) is 4.39 Å². The van der Waals surface area contributed by atoms with Crippen molar-refractivity contribution in [1.29, 1.82) is 0 Å². The van der Waals surface area contributed by atoms with E-state index in [2.05, 4.69) is 15.6 Å². The lowest BCUT2D eigenvalue weighted by atomic mass is 10.1. The van der Waals surface area contributed by atoms with Gasteiger partial charge in [0.2, 0.25) is 10.0 Å². The Labute approximate surface area is 171 Å². The van der Waals surface area contributed by atoms with E-state index in [-0.39, 0.29) is 5.82 Å². The predicted octanol–water partition coefficient (Wildman–Crippen LogP) is 2.78. The summed E-state index contributed by atoms with van der Waals surface area (Å²) in [5.74, 6) is 0.396. The number of halogens is 1. The van der Waals surface area contributed by atoms with E-state index in [1.807, 2.05) is 12.1 Å². The Balaban J connectivity index is 1.54. The first-order valence-corrected chi connectivity index (χ1v) is 11.1. The summed E-state index contributed by atoms with van der Waals surface area (Å²) in [6, 6.07) is 11.9. The molecule has 0 saturated carbocycles. The molecule has 2 aromatic rings. The van der Waals surface area contributed by atoms with Crippen LogP contribution in [0, 0.1) is 12.7 Å². The smallest absolute Gasteiger partial charge is 0.243 e. The first kappa shape index (κ1) is 21.3. The van der Waals surface area contributed by atoms with E-state index in [0.717, 1.165) is 24.0 Å². The molecular weight excluding hydrogens is 391 g/mol. The highest BCUT2D eigenvalue weighted by atomic mass is 32.2. The second-order valence-corrected chi connectivity index (χ2v) is 9.06. The number of rotatable bonds is 6. The molecule has 0 amide bonds. The van der Waals surface area contributed by atoms with Crippen LogP contribution >= 0.6 is 0 Å². The first-order chi connectivity index (χ1) is 13.9. The number of sulfonamides is 1. The number of guanidine groups is 1. The van der Waals surface area contributed by atoms with Crippen LogP contribution in [-0.2, 0) is 23.1 Å². The highest BCUT2D eigenvalue weighted by molar-refractivity contribution is 7.89. The zero-order chi connectivity index (χ0) is 20.9. The molecule has 1 aliphatic rings. The predicted molar refractivity (Wildman–Crippen MR) is 113 cm³/mol. The number of hydrogen-bond donors (Lipinski definition) is 2. The Bertz CT molecular complexity index is 969. The quantitative estimate of drug-likeness (QED) is 0.559. The van der Waals surface area contributed by atoms with Gasteiger partial charge in [0.1, 0.15) is 5.82 Å². The number of nitrogens with zero attached hydrogens (tertiary/aromatic N) is 2. The van der Waals surface area contributed by atoms with Gasteiger partial charge in [0.15, 0.2) is 5.96 Å². The van der Waals surface area contributed by atoms with Crippen molar-refractivity contribution in [2.45, 2.75) is 37.8 Å². The fraction of sp³-hybridized carbons (Fsp3) is 0.381. The fourth-order valence-electron chi connectivity index (χ4n) is 3.27. The summed E-state index contributed by atoms with van der Waals surface area (Å²) in [6.07, 6.45) is 1.84. The van der Waals surface area contributed by atoms with Gasteiger partial charge < -0.3 is 10.6 Å². The molecule has 0 aromatic heterocycles. The van der Waals surface area contributed by atoms with Gasteiger partial charge in [0.05, 0.1) is 4.90 Å². The van der Waals surface area contributed by atoms with Crippen LogP contribution in [0.25, 0.3) is 0 Å². The van der Waals surface area contributed by atoms with Crippen LogP contribution in [0.1, 0.15) is 29.5 Å². The lowest BCUT2D eigenvalue weighted by Crippen LogP contribution is -2.36. The van der Waals surface area contributed by atoms with Crippen LogP contribution in [0.5, 0.6) is 0 Å². The third kappa shape index (κ3) is 5.33. The normalized spacial score (nSPS) is 15.5. The van der Waals surface area contributed by atoms with Crippen molar-refractivity contribution in [1.82, 2.24) is 14.9 Å². The van der Waals surface area contributed by atoms with Crippen LogP contribution in [-0.4, -0.2) is 38.8 Å². The molecule has 0 spiro atoms. The van der Waals surface area contributed by atoms with Crippen LogP contribution in [0.2, 0.25) is 0 Å². The summed E-state index contributed by atoms with van der Waals surface area (Å²) in [6.45, 7) is 3.96. The van der Waals surface area contributed by atoms with Gasteiger partial charge in [-0.05, 0) is 54.7 Å². The summed E-state index contributed by atoms with van der Waals surface area (Å²) >= 11 is 0. The molecule has 156 valence electrons. The molecule has 8 heteroatoms. The zero-order valence-electron chi connectivity index (χ0n) is 16.8. The van der Waals surface area contributed by atoms with Gasteiger partial charge in [-0.2, -0.15) is 4.31 Å². The minimum Gasteiger partial charge on any atom is -0.352 e. The zero-order valence-corrected chi connectivity index (χ0v) is 17.6. The second-order valence-electron chi connectivity index (χ2n) is 7.12. The van der Waals surface area contributed by atoms with Crippen molar-refractivity contribution in [3.8, 4) is 0 Å². The standard InChI is InChI=1S/C21H27FN4O2S/c1-16-13-18(7-10-20(16)22)15-25-21(23-2)24-14-17-5-8-19(9-6-17)29(27,28)26-11-3-4-12-26/h5-10,13H,3-4,11-12,14-15H2,1-2H3,(H2,23,24,25). The SMILES string of the molecule is CN=C(NCc1ccc(S(=O)(=O)N2CCCC2)cc1)NCc1ccc(F)c(C)c1. The second kappa shape index (κ2) is 9.37. The molecular formula is C21H27FN4O2S. The number of hydrogen-bond acceptors (Lipinski definition) is 3.